The number of hydrazone groups is 1. The van der Waals surface area contributed by atoms with Crippen molar-refractivity contribution in [2.45, 2.75) is 71.2 Å². The van der Waals surface area contributed by atoms with E-state index in [4.69, 9.17) is 4.74 Å². The Hall–Kier alpha value is -2.09. The molecule has 0 fully saturated rings. The fourth-order valence-corrected chi connectivity index (χ4v) is 3.01. The lowest BCUT2D eigenvalue weighted by Gasteiger charge is -2.32. The van der Waals surface area contributed by atoms with Gasteiger partial charge >= 0.3 is 6.18 Å². The maximum atomic E-state index is 13.5. The van der Waals surface area contributed by atoms with Gasteiger partial charge in [0.15, 0.2) is 6.61 Å². The highest BCUT2D eigenvalue weighted by Crippen LogP contribution is 2.41. The van der Waals surface area contributed by atoms with Gasteiger partial charge in [0, 0.05) is 12.1 Å². The molecule has 1 aromatic carbocycles. The molecule has 0 radical (unpaired) electrons. The number of ether oxygens (including phenoxy) is 1. The van der Waals surface area contributed by atoms with Crippen LogP contribution in [-0.2, 0) is 4.79 Å². The Morgan fingerprint density at radius 3 is 2.57 bits per heavy atom. The van der Waals surface area contributed by atoms with Crippen molar-refractivity contribution in [3.63, 3.8) is 0 Å². The van der Waals surface area contributed by atoms with Crippen molar-refractivity contribution in [1.29, 1.82) is 0 Å². The molecule has 1 aromatic rings. The largest absolute Gasteiger partial charge is 0.484 e. The van der Waals surface area contributed by atoms with E-state index in [2.05, 4.69) is 5.10 Å². The van der Waals surface area contributed by atoms with Crippen LogP contribution in [0.25, 0.3) is 0 Å². The number of benzene rings is 1. The van der Waals surface area contributed by atoms with Crippen LogP contribution in [0.2, 0.25) is 0 Å². The van der Waals surface area contributed by atoms with Crippen LogP contribution in [0.1, 0.15) is 56.6 Å². The van der Waals surface area contributed by atoms with Gasteiger partial charge in [0.2, 0.25) is 0 Å². The molecule has 1 aliphatic heterocycles. The summed E-state index contributed by atoms with van der Waals surface area (Å²) in [6, 6.07) is 5.13. The molecule has 5 nitrogen and oxygen atoms in total. The molecule has 0 bridgehead atoms. The molecule has 0 spiro atoms. The lowest BCUT2D eigenvalue weighted by molar-refractivity contribution is -0.302. The van der Waals surface area contributed by atoms with Gasteiger partial charge in [-0.1, -0.05) is 32.3 Å². The van der Waals surface area contributed by atoms with Gasteiger partial charge in [0.05, 0.1) is 0 Å². The van der Waals surface area contributed by atoms with Crippen molar-refractivity contribution < 1.29 is 27.8 Å². The molecule has 0 saturated carbocycles. The number of halogens is 3. The van der Waals surface area contributed by atoms with E-state index in [1.54, 1.807) is 18.2 Å². The average Bonchev–Trinajstić information content (AvgIpc) is 2.97. The molecule has 1 amide bonds. The zero-order valence-corrected chi connectivity index (χ0v) is 16.5. The molecule has 1 aliphatic rings. The number of hydrogen-bond donors (Lipinski definition) is 1. The second-order valence-corrected chi connectivity index (χ2v) is 7.21. The third-order valence-corrected chi connectivity index (χ3v) is 4.89. The number of carbonyl (C=O) groups excluding carboxylic acids is 1. The number of carbonyl (C=O) groups is 1. The van der Waals surface area contributed by atoms with E-state index < -0.39 is 30.8 Å². The first-order chi connectivity index (χ1) is 13.1. The Bertz CT molecular complexity index is 734. The predicted molar refractivity (Wildman–Crippen MR) is 100 cm³/mol. The summed E-state index contributed by atoms with van der Waals surface area (Å²) in [6.45, 7) is 5.16. The van der Waals surface area contributed by atoms with Crippen molar-refractivity contribution in [1.82, 2.24) is 5.01 Å². The quantitative estimate of drug-likeness (QED) is 0.654. The predicted octanol–water partition coefficient (Wildman–Crippen LogP) is 4.49. The minimum atomic E-state index is -5.02. The Labute approximate surface area is 163 Å². The smallest absolute Gasteiger partial charge is 0.438 e. The van der Waals surface area contributed by atoms with Crippen molar-refractivity contribution in [3.8, 4) is 5.75 Å². The Balaban J connectivity index is 2.09. The fourth-order valence-electron chi connectivity index (χ4n) is 3.01. The van der Waals surface area contributed by atoms with Crippen molar-refractivity contribution in [3.05, 3.63) is 29.3 Å². The van der Waals surface area contributed by atoms with Gasteiger partial charge in [0.1, 0.15) is 5.75 Å². The van der Waals surface area contributed by atoms with E-state index in [1.807, 2.05) is 20.8 Å². The van der Waals surface area contributed by atoms with Gasteiger partial charge in [-0.25, -0.2) is 0 Å². The van der Waals surface area contributed by atoms with Crippen LogP contribution in [0.5, 0.6) is 5.75 Å². The van der Waals surface area contributed by atoms with Crippen LogP contribution in [0.3, 0.4) is 0 Å². The van der Waals surface area contributed by atoms with E-state index in [0.29, 0.717) is 18.6 Å². The van der Waals surface area contributed by atoms with Gasteiger partial charge in [-0.15, -0.1) is 0 Å². The van der Waals surface area contributed by atoms with Crippen LogP contribution in [0, 0.1) is 13.8 Å². The van der Waals surface area contributed by atoms with E-state index in [0.717, 1.165) is 30.4 Å². The topological polar surface area (TPSA) is 62.1 Å². The van der Waals surface area contributed by atoms with Crippen LogP contribution >= 0.6 is 0 Å². The monoisotopic (exact) mass is 400 g/mol. The lowest BCUT2D eigenvalue weighted by Crippen LogP contribution is -2.57. The highest BCUT2D eigenvalue weighted by atomic mass is 19.4. The first kappa shape index (κ1) is 22.2. The molecule has 28 heavy (non-hydrogen) atoms. The minimum absolute atomic E-state index is 0.142. The van der Waals surface area contributed by atoms with Gasteiger partial charge in [0.25, 0.3) is 11.6 Å². The van der Waals surface area contributed by atoms with Crippen LogP contribution < -0.4 is 4.74 Å². The number of aryl methyl sites for hydroxylation is 2. The molecule has 2 rings (SSSR count). The fraction of sp³-hybridized carbons (Fsp3) is 0.600. The zero-order chi connectivity index (χ0) is 20.9. The molecule has 1 N–H and O–H groups in total. The second-order valence-electron chi connectivity index (χ2n) is 7.21. The molecular weight excluding hydrogens is 373 g/mol. The number of rotatable bonds is 8. The van der Waals surface area contributed by atoms with Gasteiger partial charge in [-0.05, 0) is 49.9 Å². The summed E-state index contributed by atoms with van der Waals surface area (Å²) >= 11 is 0. The molecule has 8 heteroatoms. The summed E-state index contributed by atoms with van der Waals surface area (Å²) in [5.41, 5.74) is -1.18. The summed E-state index contributed by atoms with van der Waals surface area (Å²) in [6.07, 6.45) is -1.91. The summed E-state index contributed by atoms with van der Waals surface area (Å²) in [4.78, 5) is 12.4. The Morgan fingerprint density at radius 1 is 1.25 bits per heavy atom. The van der Waals surface area contributed by atoms with Crippen molar-refractivity contribution in [2.24, 2.45) is 5.10 Å². The van der Waals surface area contributed by atoms with E-state index in [1.165, 1.54) is 0 Å². The Morgan fingerprint density at radius 2 is 1.96 bits per heavy atom. The van der Waals surface area contributed by atoms with Crippen molar-refractivity contribution >= 4 is 11.6 Å². The van der Waals surface area contributed by atoms with E-state index in [-0.39, 0.29) is 10.7 Å². The van der Waals surface area contributed by atoms with Crippen molar-refractivity contribution in [2.75, 3.05) is 6.61 Å². The summed E-state index contributed by atoms with van der Waals surface area (Å²) in [7, 11) is 0. The molecule has 0 aliphatic carbocycles. The molecule has 1 heterocycles. The third kappa shape index (κ3) is 5.04. The third-order valence-electron chi connectivity index (χ3n) is 4.89. The van der Waals surface area contributed by atoms with Gasteiger partial charge < -0.3 is 9.84 Å². The Kier molecular flexibility index (Phi) is 7.09. The number of unbranched alkanes of at least 4 members (excludes halogenated alkanes) is 3. The molecule has 1 atom stereocenters. The summed E-state index contributed by atoms with van der Waals surface area (Å²) < 4.78 is 45.8. The van der Waals surface area contributed by atoms with Gasteiger partial charge in [-0.3, -0.25) is 4.79 Å². The maximum absolute atomic E-state index is 13.5. The summed E-state index contributed by atoms with van der Waals surface area (Å²) in [5, 5.41) is 14.2. The normalized spacial score (nSPS) is 19.7. The maximum Gasteiger partial charge on any atom is 0.438 e. The average molecular weight is 400 g/mol. The number of alkyl halides is 3. The van der Waals surface area contributed by atoms with Gasteiger partial charge in [-0.2, -0.15) is 23.3 Å². The number of aliphatic hydroxyl groups is 1. The van der Waals surface area contributed by atoms with E-state index >= 15 is 0 Å². The second kappa shape index (κ2) is 8.94. The van der Waals surface area contributed by atoms with Crippen LogP contribution in [0.4, 0.5) is 13.2 Å². The number of hydrogen-bond acceptors (Lipinski definition) is 4. The SMILES string of the molecule is CCCCCCC1=NN(C(=O)COc2ccc(C)c(C)c2)[C@](O)(C(F)(F)F)C1. The number of amides is 1. The zero-order valence-electron chi connectivity index (χ0n) is 16.5. The van der Waals surface area contributed by atoms with Crippen LogP contribution in [0.15, 0.2) is 23.3 Å². The number of nitrogens with zero attached hydrogens (tertiary/aromatic N) is 2. The molecule has 0 unspecified atom stereocenters. The summed E-state index contributed by atoms with van der Waals surface area (Å²) in [5.74, 6) is -0.670. The lowest BCUT2D eigenvalue weighted by atomic mass is 10.0. The van der Waals surface area contributed by atoms with E-state index in [9.17, 15) is 23.1 Å². The first-order valence-electron chi connectivity index (χ1n) is 9.47. The van der Waals surface area contributed by atoms with Crippen LogP contribution in [-0.4, -0.2) is 40.2 Å². The minimum Gasteiger partial charge on any atom is -0.484 e. The highest BCUT2D eigenvalue weighted by Gasteiger charge is 2.63. The molecule has 0 aromatic heterocycles. The molecular formula is C20H27F3N2O3. The first-order valence-corrected chi connectivity index (χ1v) is 9.47. The molecule has 156 valence electrons. The standard InChI is InChI=1S/C20H27F3N2O3/c1-4-5-6-7-8-16-12-19(27,20(21,22)23)25(24-16)18(26)13-28-17-10-9-14(2)15(3)11-17/h9-11,27H,4-8,12-13H2,1-3H3/t19-/m1/s1. The molecule has 0 saturated heterocycles. The highest BCUT2D eigenvalue weighted by molar-refractivity contribution is 5.91.